The molecule has 1 saturated heterocycles. The third-order valence-electron chi connectivity index (χ3n) is 2.60. The fraction of sp³-hybridized carbons (Fsp3) is 0.400. The van der Waals surface area contributed by atoms with Gasteiger partial charge in [0.2, 0.25) is 0 Å². The molecule has 8 heteroatoms. The van der Waals surface area contributed by atoms with Crippen LogP contribution in [0.15, 0.2) is 21.9 Å². The standard InChI is InChI=1S/C10H12BrClN4O2/c11-7-3-6(12)4-14-10(7)16-1-2-18-8(5-16)9(13)15-17/h3-4,8,17H,1-2,5H2,(H2,13,15). The van der Waals surface area contributed by atoms with Gasteiger partial charge in [-0.15, -0.1) is 0 Å². The zero-order chi connectivity index (χ0) is 13.1. The lowest BCUT2D eigenvalue weighted by atomic mass is 10.2. The molecule has 18 heavy (non-hydrogen) atoms. The van der Waals surface area contributed by atoms with Crippen molar-refractivity contribution in [3.05, 3.63) is 21.8 Å². The minimum atomic E-state index is -0.437. The van der Waals surface area contributed by atoms with E-state index in [-0.39, 0.29) is 5.84 Å². The second kappa shape index (κ2) is 5.73. The highest BCUT2D eigenvalue weighted by molar-refractivity contribution is 9.10. The van der Waals surface area contributed by atoms with E-state index in [0.29, 0.717) is 24.7 Å². The molecule has 1 atom stereocenters. The lowest BCUT2D eigenvalue weighted by Gasteiger charge is -2.33. The van der Waals surface area contributed by atoms with Crippen molar-refractivity contribution in [2.24, 2.45) is 10.9 Å². The molecule has 1 aliphatic heterocycles. The number of nitrogens with two attached hydrogens (primary N) is 1. The van der Waals surface area contributed by atoms with Crippen molar-refractivity contribution >= 4 is 39.2 Å². The summed E-state index contributed by atoms with van der Waals surface area (Å²) in [6, 6.07) is 1.78. The van der Waals surface area contributed by atoms with Crippen LogP contribution in [0.25, 0.3) is 0 Å². The highest BCUT2D eigenvalue weighted by atomic mass is 79.9. The number of halogens is 2. The molecule has 0 aliphatic carbocycles. The number of ether oxygens (including phenoxy) is 1. The van der Waals surface area contributed by atoms with E-state index in [2.05, 4.69) is 26.1 Å². The normalized spacial score (nSPS) is 21.1. The molecular weight excluding hydrogens is 323 g/mol. The Labute approximate surface area is 117 Å². The van der Waals surface area contributed by atoms with Crippen LogP contribution in [0, 0.1) is 0 Å². The maximum absolute atomic E-state index is 8.66. The summed E-state index contributed by atoms with van der Waals surface area (Å²) in [4.78, 5) is 6.26. The van der Waals surface area contributed by atoms with Gasteiger partial charge in [0.15, 0.2) is 5.84 Å². The zero-order valence-corrected chi connectivity index (χ0v) is 11.7. The first-order valence-electron chi connectivity index (χ1n) is 5.27. The van der Waals surface area contributed by atoms with E-state index < -0.39 is 6.10 Å². The fourth-order valence-corrected chi connectivity index (χ4v) is 2.61. The van der Waals surface area contributed by atoms with Crippen LogP contribution in [0.2, 0.25) is 5.02 Å². The summed E-state index contributed by atoms with van der Waals surface area (Å²) < 4.78 is 6.22. The second-order valence-corrected chi connectivity index (χ2v) is 5.08. The molecule has 1 unspecified atom stereocenters. The summed E-state index contributed by atoms with van der Waals surface area (Å²) in [6.07, 6.45) is 1.14. The maximum Gasteiger partial charge on any atom is 0.170 e. The molecule has 1 aromatic heterocycles. The number of hydrogen-bond donors (Lipinski definition) is 2. The summed E-state index contributed by atoms with van der Waals surface area (Å²) in [7, 11) is 0. The van der Waals surface area contributed by atoms with Crippen LogP contribution in [-0.2, 0) is 4.74 Å². The number of nitrogens with zero attached hydrogens (tertiary/aromatic N) is 3. The second-order valence-electron chi connectivity index (χ2n) is 3.79. The number of anilines is 1. The Hall–Kier alpha value is -1.05. The Morgan fingerprint density at radius 1 is 1.72 bits per heavy atom. The van der Waals surface area contributed by atoms with Crippen LogP contribution in [-0.4, -0.2) is 41.8 Å². The van der Waals surface area contributed by atoms with Crippen molar-refractivity contribution in [1.82, 2.24) is 4.98 Å². The molecule has 0 bridgehead atoms. The molecule has 0 spiro atoms. The molecule has 0 saturated carbocycles. The first-order valence-corrected chi connectivity index (χ1v) is 6.44. The average molecular weight is 336 g/mol. The highest BCUT2D eigenvalue weighted by Gasteiger charge is 2.25. The van der Waals surface area contributed by atoms with Gasteiger partial charge < -0.3 is 20.6 Å². The van der Waals surface area contributed by atoms with Gasteiger partial charge in [-0.05, 0) is 22.0 Å². The van der Waals surface area contributed by atoms with Gasteiger partial charge in [0.1, 0.15) is 11.9 Å². The molecule has 0 radical (unpaired) electrons. The van der Waals surface area contributed by atoms with Gasteiger partial charge in [0, 0.05) is 12.7 Å². The number of aromatic nitrogens is 1. The van der Waals surface area contributed by atoms with Gasteiger partial charge in [0.25, 0.3) is 0 Å². The average Bonchev–Trinajstić information content (AvgIpc) is 2.38. The van der Waals surface area contributed by atoms with Gasteiger partial charge in [-0.3, -0.25) is 0 Å². The Morgan fingerprint density at radius 3 is 3.17 bits per heavy atom. The summed E-state index contributed by atoms with van der Waals surface area (Å²) >= 11 is 9.27. The third-order valence-corrected chi connectivity index (χ3v) is 3.39. The minimum absolute atomic E-state index is 0.0600. The van der Waals surface area contributed by atoms with E-state index in [1.54, 1.807) is 12.3 Å². The van der Waals surface area contributed by atoms with Gasteiger partial charge in [-0.1, -0.05) is 16.8 Å². The molecule has 6 nitrogen and oxygen atoms in total. The topological polar surface area (TPSA) is 84.0 Å². The van der Waals surface area contributed by atoms with Crippen molar-refractivity contribution in [2.45, 2.75) is 6.10 Å². The number of rotatable bonds is 2. The molecule has 3 N–H and O–H groups in total. The van der Waals surface area contributed by atoms with Crippen LogP contribution >= 0.6 is 27.5 Å². The Kier molecular flexibility index (Phi) is 4.26. The number of hydrogen-bond acceptors (Lipinski definition) is 5. The molecule has 98 valence electrons. The predicted molar refractivity (Wildman–Crippen MR) is 72.3 cm³/mol. The van der Waals surface area contributed by atoms with Crippen LogP contribution in [0.5, 0.6) is 0 Å². The quantitative estimate of drug-likeness (QED) is 0.370. The molecule has 1 fully saturated rings. The van der Waals surface area contributed by atoms with Gasteiger partial charge >= 0.3 is 0 Å². The van der Waals surface area contributed by atoms with Crippen molar-refractivity contribution in [1.29, 1.82) is 0 Å². The van der Waals surface area contributed by atoms with Gasteiger partial charge in [-0.2, -0.15) is 0 Å². The van der Waals surface area contributed by atoms with Crippen LogP contribution < -0.4 is 10.6 Å². The Balaban J connectivity index is 2.18. The van der Waals surface area contributed by atoms with E-state index in [1.165, 1.54) is 0 Å². The number of amidine groups is 1. The lowest BCUT2D eigenvalue weighted by Crippen LogP contribution is -2.49. The lowest BCUT2D eigenvalue weighted by molar-refractivity contribution is 0.0803. The summed E-state index contributed by atoms with van der Waals surface area (Å²) in [6.45, 7) is 1.64. The van der Waals surface area contributed by atoms with Crippen molar-refractivity contribution in [2.75, 3.05) is 24.6 Å². The number of pyridine rings is 1. The number of morpholine rings is 1. The maximum atomic E-state index is 8.66. The molecule has 1 aromatic rings. The molecule has 1 aliphatic rings. The number of oxime groups is 1. The van der Waals surface area contributed by atoms with Crippen LogP contribution in [0.3, 0.4) is 0 Å². The molecule has 0 amide bonds. The van der Waals surface area contributed by atoms with Crippen molar-refractivity contribution in [3.8, 4) is 0 Å². The van der Waals surface area contributed by atoms with Gasteiger partial charge in [-0.25, -0.2) is 4.98 Å². The van der Waals surface area contributed by atoms with E-state index in [9.17, 15) is 0 Å². The van der Waals surface area contributed by atoms with Crippen molar-refractivity contribution < 1.29 is 9.94 Å². The monoisotopic (exact) mass is 334 g/mol. The summed E-state index contributed by atoms with van der Waals surface area (Å²) in [5, 5.41) is 12.2. The van der Waals surface area contributed by atoms with Gasteiger partial charge in [0.05, 0.1) is 22.6 Å². The molecule has 2 rings (SSSR count). The van der Waals surface area contributed by atoms with E-state index in [0.717, 1.165) is 10.3 Å². The predicted octanol–water partition coefficient (Wildman–Crippen LogP) is 1.45. The van der Waals surface area contributed by atoms with Crippen LogP contribution in [0.1, 0.15) is 0 Å². The van der Waals surface area contributed by atoms with E-state index >= 15 is 0 Å². The third kappa shape index (κ3) is 2.85. The smallest absolute Gasteiger partial charge is 0.170 e. The Bertz CT molecular complexity index is 471. The summed E-state index contributed by atoms with van der Waals surface area (Å²) in [5.41, 5.74) is 5.55. The minimum Gasteiger partial charge on any atom is -0.409 e. The molecule has 0 aromatic carbocycles. The largest absolute Gasteiger partial charge is 0.409 e. The molecular formula is C10H12BrClN4O2. The summed E-state index contributed by atoms with van der Waals surface area (Å²) in [5.74, 6) is 0.822. The SMILES string of the molecule is NC(=NO)C1CN(c2ncc(Cl)cc2Br)CCO1. The van der Waals surface area contributed by atoms with Crippen LogP contribution in [0.4, 0.5) is 5.82 Å². The Morgan fingerprint density at radius 2 is 2.50 bits per heavy atom. The van der Waals surface area contributed by atoms with E-state index in [1.807, 2.05) is 4.90 Å². The fourth-order valence-electron chi connectivity index (χ4n) is 1.73. The van der Waals surface area contributed by atoms with E-state index in [4.69, 9.17) is 27.3 Å². The zero-order valence-electron chi connectivity index (χ0n) is 9.38. The highest BCUT2D eigenvalue weighted by Crippen LogP contribution is 2.27. The molecule has 2 heterocycles. The first kappa shape index (κ1) is 13.4. The first-order chi connectivity index (χ1) is 8.61. The van der Waals surface area contributed by atoms with Crippen molar-refractivity contribution in [3.63, 3.8) is 0 Å².